The number of halogens is 6. The number of anilines is 1. The molecule has 0 aromatic heterocycles. The number of alkyl halides is 6. The molecule has 0 N–H and O–H groups in total. The van der Waals surface area contributed by atoms with Gasteiger partial charge in [-0.3, -0.25) is 9.80 Å². The third kappa shape index (κ3) is 5.52. The molecule has 0 bridgehead atoms. The van der Waals surface area contributed by atoms with E-state index >= 15 is 0 Å². The molecule has 14 heteroatoms. The molecule has 2 aliphatic heterocycles. The van der Waals surface area contributed by atoms with Crippen LogP contribution >= 0.6 is 0 Å². The number of ether oxygens (including phenoxy) is 3. The van der Waals surface area contributed by atoms with E-state index in [0.29, 0.717) is 17.7 Å². The standard InChI is InChI=1S/C26H24F6N2O6/c1-4-39-24(37)34-13(2)5-20(19-10-18-15(8-21(19)34)12-40-22(18)35)33(23(36)38-3)11-14-6-16(25(27,28)29)9-17(7-14)26(30,31)32/h6-10,13,20H,4-5,11-12H2,1-3H3/t13-,20+/m0/s1. The Labute approximate surface area is 224 Å². The van der Waals surface area contributed by atoms with Crippen molar-refractivity contribution >= 4 is 23.8 Å². The van der Waals surface area contributed by atoms with Crippen molar-refractivity contribution < 1.29 is 54.9 Å². The Morgan fingerprint density at radius 1 is 1.05 bits per heavy atom. The molecule has 2 aliphatic rings. The van der Waals surface area contributed by atoms with Gasteiger partial charge >= 0.3 is 30.5 Å². The average molecular weight is 574 g/mol. The first kappa shape index (κ1) is 29.0. The predicted molar refractivity (Wildman–Crippen MR) is 126 cm³/mol. The number of esters is 1. The SMILES string of the molecule is CCOC(=O)N1c2cc3c(cc2[C@H](N(Cc2cc(C(F)(F)F)cc(C(F)(F)F)c2)C(=O)OC)C[C@@H]1C)C(=O)OC3. The third-order valence-electron chi connectivity index (χ3n) is 6.71. The lowest BCUT2D eigenvalue weighted by atomic mass is 9.88. The van der Waals surface area contributed by atoms with Crippen LogP contribution in [-0.2, 0) is 39.7 Å². The number of amides is 2. The van der Waals surface area contributed by atoms with Gasteiger partial charge in [-0.1, -0.05) is 0 Å². The molecule has 0 radical (unpaired) electrons. The Bertz CT molecular complexity index is 1310. The van der Waals surface area contributed by atoms with Crippen molar-refractivity contribution in [2.75, 3.05) is 18.6 Å². The van der Waals surface area contributed by atoms with Gasteiger partial charge in [0.15, 0.2) is 0 Å². The Morgan fingerprint density at radius 2 is 1.68 bits per heavy atom. The van der Waals surface area contributed by atoms with E-state index in [-0.39, 0.29) is 42.5 Å². The van der Waals surface area contributed by atoms with Crippen molar-refractivity contribution in [1.29, 1.82) is 0 Å². The van der Waals surface area contributed by atoms with Gasteiger partial charge in [-0.15, -0.1) is 0 Å². The van der Waals surface area contributed by atoms with Crippen LogP contribution < -0.4 is 4.90 Å². The Morgan fingerprint density at radius 3 is 2.23 bits per heavy atom. The van der Waals surface area contributed by atoms with E-state index in [1.165, 1.54) is 17.0 Å². The number of hydrogen-bond acceptors (Lipinski definition) is 6. The number of hydrogen-bond donors (Lipinski definition) is 0. The predicted octanol–water partition coefficient (Wildman–Crippen LogP) is 6.46. The van der Waals surface area contributed by atoms with Crippen LogP contribution in [0.15, 0.2) is 30.3 Å². The number of methoxy groups -OCH3 is 1. The second-order valence-electron chi connectivity index (χ2n) is 9.33. The van der Waals surface area contributed by atoms with Gasteiger partial charge in [0.2, 0.25) is 0 Å². The highest BCUT2D eigenvalue weighted by atomic mass is 19.4. The zero-order valence-corrected chi connectivity index (χ0v) is 21.5. The maximum absolute atomic E-state index is 13.5. The largest absolute Gasteiger partial charge is 0.457 e. The number of carbonyl (C=O) groups excluding carboxylic acids is 3. The number of nitrogens with zero attached hydrogens (tertiary/aromatic N) is 2. The summed E-state index contributed by atoms with van der Waals surface area (Å²) in [5.74, 6) is -0.657. The molecule has 2 atom stereocenters. The van der Waals surface area contributed by atoms with Crippen LogP contribution in [0, 0.1) is 0 Å². The second-order valence-corrected chi connectivity index (χ2v) is 9.33. The summed E-state index contributed by atoms with van der Waals surface area (Å²) < 4.78 is 96.0. The van der Waals surface area contributed by atoms with Gasteiger partial charge in [0.25, 0.3) is 0 Å². The van der Waals surface area contributed by atoms with E-state index in [0.717, 1.165) is 12.0 Å². The highest BCUT2D eigenvalue weighted by molar-refractivity contribution is 5.97. The lowest BCUT2D eigenvalue weighted by Gasteiger charge is -2.42. The third-order valence-corrected chi connectivity index (χ3v) is 6.71. The summed E-state index contributed by atoms with van der Waals surface area (Å²) in [4.78, 5) is 40.4. The number of carbonyl (C=O) groups is 3. The monoisotopic (exact) mass is 574 g/mol. The zero-order valence-electron chi connectivity index (χ0n) is 21.5. The fourth-order valence-electron chi connectivity index (χ4n) is 4.94. The lowest BCUT2D eigenvalue weighted by Crippen LogP contribution is -2.47. The summed E-state index contributed by atoms with van der Waals surface area (Å²) >= 11 is 0. The van der Waals surface area contributed by atoms with Crippen molar-refractivity contribution in [1.82, 2.24) is 4.90 Å². The Kier molecular flexibility index (Phi) is 7.65. The molecule has 0 fully saturated rings. The summed E-state index contributed by atoms with van der Waals surface area (Å²) in [6.45, 7) is 2.54. The van der Waals surface area contributed by atoms with Gasteiger partial charge in [0, 0.05) is 18.2 Å². The van der Waals surface area contributed by atoms with Gasteiger partial charge in [0.1, 0.15) is 6.61 Å². The summed E-state index contributed by atoms with van der Waals surface area (Å²) in [5, 5.41) is 0. The summed E-state index contributed by atoms with van der Waals surface area (Å²) in [5.41, 5.74) is -2.39. The lowest BCUT2D eigenvalue weighted by molar-refractivity contribution is -0.143. The van der Waals surface area contributed by atoms with Crippen molar-refractivity contribution in [3.63, 3.8) is 0 Å². The zero-order chi connectivity index (χ0) is 29.6. The molecule has 8 nitrogen and oxygen atoms in total. The van der Waals surface area contributed by atoms with Crippen LogP contribution in [0.1, 0.15) is 64.5 Å². The first-order valence-electron chi connectivity index (χ1n) is 12.1. The van der Waals surface area contributed by atoms with Gasteiger partial charge in [-0.2, -0.15) is 26.3 Å². The number of rotatable bonds is 4. The highest BCUT2D eigenvalue weighted by Crippen LogP contribution is 2.45. The van der Waals surface area contributed by atoms with Gasteiger partial charge in [-0.25, -0.2) is 14.4 Å². The maximum atomic E-state index is 13.5. The second kappa shape index (κ2) is 10.5. The maximum Gasteiger partial charge on any atom is 0.416 e. The van der Waals surface area contributed by atoms with E-state index in [1.54, 1.807) is 13.8 Å². The molecule has 0 spiro atoms. The van der Waals surface area contributed by atoms with E-state index < -0.39 is 65.8 Å². The van der Waals surface area contributed by atoms with Crippen LogP contribution in [0.2, 0.25) is 0 Å². The minimum absolute atomic E-state index is 0.000161. The molecular formula is C26H24F6N2O6. The molecule has 0 unspecified atom stereocenters. The molecule has 2 heterocycles. The molecule has 0 saturated heterocycles. The van der Waals surface area contributed by atoms with E-state index in [2.05, 4.69) is 0 Å². The smallest absolute Gasteiger partial charge is 0.416 e. The van der Waals surface area contributed by atoms with Crippen molar-refractivity contribution in [3.05, 3.63) is 63.7 Å². The average Bonchev–Trinajstić information content (AvgIpc) is 3.23. The topological polar surface area (TPSA) is 85.4 Å². The number of cyclic esters (lactones) is 1. The van der Waals surface area contributed by atoms with Gasteiger partial charge in [-0.05, 0) is 61.7 Å². The van der Waals surface area contributed by atoms with Crippen LogP contribution in [0.3, 0.4) is 0 Å². The Balaban J connectivity index is 1.85. The van der Waals surface area contributed by atoms with Crippen molar-refractivity contribution in [3.8, 4) is 0 Å². The van der Waals surface area contributed by atoms with Crippen LogP contribution in [0.5, 0.6) is 0 Å². The molecular weight excluding hydrogens is 550 g/mol. The van der Waals surface area contributed by atoms with Crippen molar-refractivity contribution in [2.24, 2.45) is 0 Å². The first-order chi connectivity index (χ1) is 18.6. The molecule has 0 aliphatic carbocycles. The molecule has 216 valence electrons. The molecule has 4 rings (SSSR count). The van der Waals surface area contributed by atoms with E-state index in [4.69, 9.17) is 14.2 Å². The fraction of sp³-hybridized carbons (Fsp3) is 0.423. The summed E-state index contributed by atoms with van der Waals surface area (Å²) in [6, 6.07) is 2.35. The van der Waals surface area contributed by atoms with Crippen LogP contribution in [0.25, 0.3) is 0 Å². The Hall–Kier alpha value is -3.97. The number of benzene rings is 2. The number of fused-ring (bicyclic) bond motifs is 2. The normalized spacial score (nSPS) is 18.5. The van der Waals surface area contributed by atoms with Crippen molar-refractivity contribution in [2.45, 2.75) is 57.9 Å². The van der Waals surface area contributed by atoms with Gasteiger partial charge in [0.05, 0.1) is 42.1 Å². The fourth-order valence-corrected chi connectivity index (χ4v) is 4.94. The first-order valence-corrected chi connectivity index (χ1v) is 12.1. The van der Waals surface area contributed by atoms with E-state index in [9.17, 15) is 40.7 Å². The highest BCUT2D eigenvalue weighted by Gasteiger charge is 2.42. The molecule has 2 aromatic carbocycles. The quantitative estimate of drug-likeness (QED) is 0.237. The van der Waals surface area contributed by atoms with E-state index in [1.807, 2.05) is 0 Å². The molecule has 40 heavy (non-hydrogen) atoms. The molecule has 0 saturated carbocycles. The van der Waals surface area contributed by atoms with Crippen LogP contribution in [0.4, 0.5) is 41.6 Å². The molecule has 2 amide bonds. The summed E-state index contributed by atoms with van der Waals surface area (Å²) in [6.07, 6.45) is -11.9. The van der Waals surface area contributed by atoms with Crippen LogP contribution in [-0.4, -0.2) is 42.8 Å². The summed E-state index contributed by atoms with van der Waals surface area (Å²) in [7, 11) is 1.01. The molecule has 2 aromatic rings. The minimum Gasteiger partial charge on any atom is -0.457 e. The minimum atomic E-state index is -5.08. The van der Waals surface area contributed by atoms with Gasteiger partial charge < -0.3 is 14.2 Å².